The number of nitrogens with one attached hydrogen (secondary N) is 1. The van der Waals surface area contributed by atoms with Crippen molar-refractivity contribution in [2.75, 3.05) is 24.3 Å². The summed E-state index contributed by atoms with van der Waals surface area (Å²) in [5, 5.41) is 3.48. The maximum absolute atomic E-state index is 5.63. The molecule has 3 nitrogen and oxygen atoms in total. The van der Waals surface area contributed by atoms with Crippen molar-refractivity contribution in [3.05, 3.63) is 24.3 Å². The van der Waals surface area contributed by atoms with Crippen LogP contribution in [0.4, 0.5) is 11.4 Å². The van der Waals surface area contributed by atoms with Crippen LogP contribution < -0.4 is 11.1 Å². The predicted molar refractivity (Wildman–Crippen MR) is 62.9 cm³/mol. The summed E-state index contributed by atoms with van der Waals surface area (Å²) in [5.41, 5.74) is 7.56. The monoisotopic (exact) mass is 206 g/mol. The molecule has 0 bridgehead atoms. The molecule has 3 N–H and O–H groups in total. The summed E-state index contributed by atoms with van der Waals surface area (Å²) in [6.07, 6.45) is 1.16. The average molecular weight is 206 g/mol. The number of ether oxygens (including phenoxy) is 1. The third-order valence-corrected chi connectivity index (χ3v) is 2.98. The Bertz CT molecular complexity index is 304. The first-order valence-corrected chi connectivity index (χ1v) is 5.45. The molecule has 1 aliphatic heterocycles. The molecule has 1 aliphatic rings. The van der Waals surface area contributed by atoms with E-state index in [4.69, 9.17) is 10.5 Å². The Morgan fingerprint density at radius 1 is 1.40 bits per heavy atom. The Hall–Kier alpha value is -1.22. The molecule has 1 saturated heterocycles. The van der Waals surface area contributed by atoms with E-state index in [1.807, 2.05) is 24.3 Å². The molecule has 2 atom stereocenters. The highest BCUT2D eigenvalue weighted by molar-refractivity contribution is 5.51. The standard InChI is InChI=1S/C12H18N2O/c1-9(10-6-7-15-8-10)14-12-4-2-11(13)3-5-12/h2-5,9-10,14H,6-8,13H2,1H3. The van der Waals surface area contributed by atoms with Crippen LogP contribution in [0.2, 0.25) is 0 Å². The minimum Gasteiger partial charge on any atom is -0.399 e. The summed E-state index contributed by atoms with van der Waals surface area (Å²) >= 11 is 0. The van der Waals surface area contributed by atoms with Gasteiger partial charge in [0.25, 0.3) is 0 Å². The van der Waals surface area contributed by atoms with Crippen molar-refractivity contribution in [2.45, 2.75) is 19.4 Å². The molecule has 1 heterocycles. The molecule has 2 rings (SSSR count). The minimum atomic E-state index is 0.455. The van der Waals surface area contributed by atoms with Crippen molar-refractivity contribution >= 4 is 11.4 Å². The van der Waals surface area contributed by atoms with Gasteiger partial charge in [-0.25, -0.2) is 0 Å². The molecule has 2 unspecified atom stereocenters. The van der Waals surface area contributed by atoms with Gasteiger partial charge in [0.15, 0.2) is 0 Å². The highest BCUT2D eigenvalue weighted by Gasteiger charge is 2.21. The molecular formula is C12H18N2O. The first-order valence-electron chi connectivity index (χ1n) is 5.45. The SMILES string of the molecule is CC(Nc1ccc(N)cc1)C1CCOC1. The molecule has 82 valence electrons. The van der Waals surface area contributed by atoms with Crippen LogP contribution in [0.15, 0.2) is 24.3 Å². The Balaban J connectivity index is 1.92. The van der Waals surface area contributed by atoms with Crippen LogP contribution in [-0.4, -0.2) is 19.3 Å². The highest BCUT2D eigenvalue weighted by atomic mass is 16.5. The van der Waals surface area contributed by atoms with Crippen molar-refractivity contribution < 1.29 is 4.74 Å². The summed E-state index contributed by atoms with van der Waals surface area (Å²) in [6.45, 7) is 3.98. The summed E-state index contributed by atoms with van der Waals surface area (Å²) in [7, 11) is 0. The zero-order valence-electron chi connectivity index (χ0n) is 9.07. The molecule has 0 spiro atoms. The predicted octanol–water partition coefficient (Wildman–Crippen LogP) is 2.11. The zero-order chi connectivity index (χ0) is 10.7. The first-order chi connectivity index (χ1) is 7.25. The first kappa shape index (κ1) is 10.3. The van der Waals surface area contributed by atoms with Crippen LogP contribution in [0.3, 0.4) is 0 Å². The molecule has 0 amide bonds. The van der Waals surface area contributed by atoms with Crippen LogP contribution in [0.1, 0.15) is 13.3 Å². The third kappa shape index (κ3) is 2.63. The van der Waals surface area contributed by atoms with Crippen LogP contribution in [-0.2, 0) is 4.74 Å². The van der Waals surface area contributed by atoms with Gasteiger partial charge < -0.3 is 15.8 Å². The Labute approximate surface area is 90.6 Å². The largest absolute Gasteiger partial charge is 0.399 e. The third-order valence-electron chi connectivity index (χ3n) is 2.98. The van der Waals surface area contributed by atoms with E-state index in [0.717, 1.165) is 31.0 Å². The zero-order valence-corrected chi connectivity index (χ0v) is 9.07. The number of anilines is 2. The number of nitrogen functional groups attached to an aromatic ring is 1. The Kier molecular flexibility index (Phi) is 3.11. The second-order valence-electron chi connectivity index (χ2n) is 4.18. The lowest BCUT2D eigenvalue weighted by atomic mass is 10.0. The van der Waals surface area contributed by atoms with Crippen molar-refractivity contribution in [3.8, 4) is 0 Å². The van der Waals surface area contributed by atoms with Gasteiger partial charge >= 0.3 is 0 Å². The van der Waals surface area contributed by atoms with Crippen molar-refractivity contribution in [1.29, 1.82) is 0 Å². The van der Waals surface area contributed by atoms with Crippen molar-refractivity contribution in [1.82, 2.24) is 0 Å². The van der Waals surface area contributed by atoms with E-state index in [9.17, 15) is 0 Å². The lowest BCUT2D eigenvalue weighted by molar-refractivity contribution is 0.183. The Morgan fingerprint density at radius 3 is 2.73 bits per heavy atom. The maximum Gasteiger partial charge on any atom is 0.0514 e. The van der Waals surface area contributed by atoms with Crippen molar-refractivity contribution in [3.63, 3.8) is 0 Å². The van der Waals surface area contributed by atoms with Gasteiger partial charge in [-0.1, -0.05) is 0 Å². The topological polar surface area (TPSA) is 47.3 Å². The highest BCUT2D eigenvalue weighted by Crippen LogP contribution is 2.20. The molecule has 1 fully saturated rings. The van der Waals surface area contributed by atoms with Crippen LogP contribution in [0.5, 0.6) is 0 Å². The fraction of sp³-hybridized carbons (Fsp3) is 0.500. The molecule has 15 heavy (non-hydrogen) atoms. The maximum atomic E-state index is 5.63. The number of nitrogens with two attached hydrogens (primary N) is 1. The fourth-order valence-corrected chi connectivity index (χ4v) is 1.91. The van der Waals surface area contributed by atoms with Gasteiger partial charge in [-0.15, -0.1) is 0 Å². The number of rotatable bonds is 3. The number of benzene rings is 1. The lowest BCUT2D eigenvalue weighted by Gasteiger charge is -2.20. The van der Waals surface area contributed by atoms with E-state index < -0.39 is 0 Å². The van der Waals surface area contributed by atoms with Gasteiger partial charge in [0.05, 0.1) is 6.61 Å². The molecule has 0 saturated carbocycles. The van der Waals surface area contributed by atoms with Gasteiger partial charge in [-0.05, 0) is 37.6 Å². The smallest absolute Gasteiger partial charge is 0.0514 e. The van der Waals surface area contributed by atoms with E-state index in [-0.39, 0.29) is 0 Å². The van der Waals surface area contributed by atoms with E-state index in [2.05, 4.69) is 12.2 Å². The van der Waals surface area contributed by atoms with E-state index in [1.165, 1.54) is 0 Å². The molecule has 0 aliphatic carbocycles. The second kappa shape index (κ2) is 4.53. The quantitative estimate of drug-likeness (QED) is 0.745. The summed E-state index contributed by atoms with van der Waals surface area (Å²) in [6, 6.07) is 8.32. The van der Waals surface area contributed by atoms with E-state index in [0.29, 0.717) is 12.0 Å². The second-order valence-corrected chi connectivity index (χ2v) is 4.18. The molecule has 0 radical (unpaired) electrons. The molecule has 0 aromatic heterocycles. The van der Waals surface area contributed by atoms with Gasteiger partial charge in [0, 0.05) is 29.9 Å². The van der Waals surface area contributed by atoms with Gasteiger partial charge in [-0.2, -0.15) is 0 Å². The van der Waals surface area contributed by atoms with Gasteiger partial charge in [0.1, 0.15) is 0 Å². The lowest BCUT2D eigenvalue weighted by Crippen LogP contribution is -2.26. The fourth-order valence-electron chi connectivity index (χ4n) is 1.91. The Morgan fingerprint density at radius 2 is 2.13 bits per heavy atom. The van der Waals surface area contributed by atoms with Gasteiger partial charge in [0.2, 0.25) is 0 Å². The normalized spacial score (nSPS) is 22.6. The number of hydrogen-bond acceptors (Lipinski definition) is 3. The van der Waals surface area contributed by atoms with E-state index >= 15 is 0 Å². The van der Waals surface area contributed by atoms with Gasteiger partial charge in [-0.3, -0.25) is 0 Å². The van der Waals surface area contributed by atoms with E-state index in [1.54, 1.807) is 0 Å². The van der Waals surface area contributed by atoms with Crippen molar-refractivity contribution in [2.24, 2.45) is 5.92 Å². The van der Waals surface area contributed by atoms with Crippen LogP contribution >= 0.6 is 0 Å². The molecule has 1 aromatic rings. The summed E-state index contributed by atoms with van der Waals surface area (Å²) < 4.78 is 5.38. The summed E-state index contributed by atoms with van der Waals surface area (Å²) in [4.78, 5) is 0. The summed E-state index contributed by atoms with van der Waals surface area (Å²) in [5.74, 6) is 0.627. The van der Waals surface area contributed by atoms with Crippen LogP contribution in [0, 0.1) is 5.92 Å². The molecular weight excluding hydrogens is 188 g/mol. The molecule has 3 heteroatoms. The number of hydrogen-bond donors (Lipinski definition) is 2. The average Bonchev–Trinajstić information content (AvgIpc) is 2.74. The van der Waals surface area contributed by atoms with Crippen LogP contribution in [0.25, 0.3) is 0 Å². The minimum absolute atomic E-state index is 0.455. The molecule has 1 aromatic carbocycles.